The van der Waals surface area contributed by atoms with Gasteiger partial charge in [-0.15, -0.1) is 0 Å². The van der Waals surface area contributed by atoms with Crippen LogP contribution in [0.4, 0.5) is 10.3 Å². The van der Waals surface area contributed by atoms with Gasteiger partial charge in [0.15, 0.2) is 5.79 Å². The van der Waals surface area contributed by atoms with Gasteiger partial charge in [-0.3, -0.25) is 4.79 Å². The van der Waals surface area contributed by atoms with E-state index in [0.29, 0.717) is 44.5 Å². The highest BCUT2D eigenvalue weighted by atomic mass is 19.1. The van der Waals surface area contributed by atoms with Crippen LogP contribution in [0.15, 0.2) is 36.5 Å². The fourth-order valence-corrected chi connectivity index (χ4v) is 3.34. The first-order valence-electron chi connectivity index (χ1n) is 9.02. The molecule has 0 saturated carbocycles. The van der Waals surface area contributed by atoms with Crippen LogP contribution in [-0.4, -0.2) is 48.0 Å². The molecule has 1 N–H and O–H groups in total. The third kappa shape index (κ3) is 4.06. The molecule has 2 saturated heterocycles. The molecule has 2 fully saturated rings. The summed E-state index contributed by atoms with van der Waals surface area (Å²) < 4.78 is 24.4. The van der Waals surface area contributed by atoms with Crippen molar-refractivity contribution in [2.45, 2.75) is 25.2 Å². The number of piperidine rings is 1. The first-order valence-corrected chi connectivity index (χ1v) is 9.02. The number of carbonyl (C=O) groups excluding carboxylic acids is 1. The zero-order chi connectivity index (χ0) is 18.7. The topological polar surface area (TPSA) is 76.6 Å². The minimum atomic E-state index is -0.458. The van der Waals surface area contributed by atoms with Crippen LogP contribution in [-0.2, 0) is 16.0 Å². The Balaban J connectivity index is 1.37. The lowest BCUT2D eigenvalue weighted by Gasteiger charge is -2.37. The average molecular weight is 372 g/mol. The van der Waals surface area contributed by atoms with E-state index in [1.54, 1.807) is 24.4 Å². The third-order valence-electron chi connectivity index (χ3n) is 4.86. The van der Waals surface area contributed by atoms with Crippen LogP contribution in [0, 0.1) is 5.82 Å². The van der Waals surface area contributed by atoms with Crippen molar-refractivity contribution < 1.29 is 18.7 Å². The summed E-state index contributed by atoms with van der Waals surface area (Å²) in [6.45, 7) is 3.00. The number of halogens is 1. The second kappa shape index (κ2) is 7.58. The predicted molar refractivity (Wildman–Crippen MR) is 95.7 cm³/mol. The second-order valence-corrected chi connectivity index (χ2v) is 6.65. The van der Waals surface area contributed by atoms with E-state index in [1.807, 2.05) is 4.90 Å². The molecule has 0 aliphatic carbocycles. The van der Waals surface area contributed by atoms with Crippen LogP contribution in [0.5, 0.6) is 0 Å². The lowest BCUT2D eigenvalue weighted by atomic mass is 10.0. The van der Waals surface area contributed by atoms with Crippen LogP contribution in [0.3, 0.4) is 0 Å². The van der Waals surface area contributed by atoms with Crippen LogP contribution in [0.2, 0.25) is 0 Å². The van der Waals surface area contributed by atoms with E-state index in [0.717, 1.165) is 18.4 Å². The Morgan fingerprint density at radius 2 is 1.85 bits per heavy atom. The molecule has 1 aromatic carbocycles. The number of carbonyl (C=O) groups is 1. The van der Waals surface area contributed by atoms with Crippen molar-refractivity contribution in [2.24, 2.45) is 0 Å². The molecule has 3 heterocycles. The molecule has 142 valence electrons. The minimum absolute atomic E-state index is 0.293. The number of hydrogen-bond acceptors (Lipinski definition) is 6. The Morgan fingerprint density at radius 1 is 1.15 bits per heavy atom. The van der Waals surface area contributed by atoms with E-state index >= 15 is 0 Å². The molecule has 1 aromatic heterocycles. The van der Waals surface area contributed by atoms with E-state index in [9.17, 15) is 9.18 Å². The van der Waals surface area contributed by atoms with Crippen LogP contribution in [0.25, 0.3) is 0 Å². The van der Waals surface area contributed by atoms with Gasteiger partial charge in [-0.25, -0.2) is 14.4 Å². The second-order valence-electron chi connectivity index (χ2n) is 6.65. The lowest BCUT2D eigenvalue weighted by Crippen LogP contribution is -2.45. The van der Waals surface area contributed by atoms with Crippen molar-refractivity contribution in [3.05, 3.63) is 53.6 Å². The van der Waals surface area contributed by atoms with Gasteiger partial charge in [0, 0.05) is 38.7 Å². The Bertz CT molecular complexity index is 799. The number of anilines is 1. The standard InChI is InChI=1S/C19H21FN4O3/c20-15-3-1-14(2-4-15)13-22-17(25)16-5-8-21-18(23-16)24-9-6-19(7-10-24)26-11-12-27-19/h1-5,8H,6-7,9-13H2,(H,22,25). The molecular formula is C19H21FN4O3. The Labute approximate surface area is 156 Å². The zero-order valence-electron chi connectivity index (χ0n) is 14.9. The molecule has 0 bridgehead atoms. The number of rotatable bonds is 4. The maximum absolute atomic E-state index is 12.9. The number of amides is 1. The van der Waals surface area contributed by atoms with Crippen LogP contribution >= 0.6 is 0 Å². The van der Waals surface area contributed by atoms with Crippen LogP contribution < -0.4 is 10.2 Å². The number of ether oxygens (including phenoxy) is 2. The van der Waals surface area contributed by atoms with E-state index in [4.69, 9.17) is 9.47 Å². The summed E-state index contributed by atoms with van der Waals surface area (Å²) in [5.74, 6) is -0.529. The molecule has 7 nitrogen and oxygen atoms in total. The van der Waals surface area contributed by atoms with Gasteiger partial charge in [0.05, 0.1) is 13.2 Å². The maximum Gasteiger partial charge on any atom is 0.270 e. The number of hydrogen-bond donors (Lipinski definition) is 1. The van der Waals surface area contributed by atoms with Gasteiger partial charge in [-0.05, 0) is 23.8 Å². The van der Waals surface area contributed by atoms with Crippen molar-refractivity contribution >= 4 is 11.9 Å². The first-order chi connectivity index (χ1) is 13.1. The lowest BCUT2D eigenvalue weighted by molar-refractivity contribution is -0.169. The molecule has 2 aliphatic heterocycles. The summed E-state index contributed by atoms with van der Waals surface area (Å²) in [7, 11) is 0. The normalized spacial score (nSPS) is 18.6. The highest BCUT2D eigenvalue weighted by Gasteiger charge is 2.40. The summed E-state index contributed by atoms with van der Waals surface area (Å²) in [5, 5.41) is 2.79. The van der Waals surface area contributed by atoms with Gasteiger partial charge in [0.1, 0.15) is 11.5 Å². The molecule has 8 heteroatoms. The van der Waals surface area contributed by atoms with Crippen molar-refractivity contribution in [1.29, 1.82) is 0 Å². The molecule has 0 radical (unpaired) electrons. The quantitative estimate of drug-likeness (QED) is 0.883. The molecular weight excluding hydrogens is 351 g/mol. The van der Waals surface area contributed by atoms with Gasteiger partial charge < -0.3 is 19.7 Å². The SMILES string of the molecule is O=C(NCc1ccc(F)cc1)c1ccnc(N2CCC3(CC2)OCCO3)n1. The predicted octanol–water partition coefficient (Wildman–Crippen LogP) is 1.89. The van der Waals surface area contributed by atoms with Crippen molar-refractivity contribution in [1.82, 2.24) is 15.3 Å². The van der Waals surface area contributed by atoms with Crippen molar-refractivity contribution in [3.63, 3.8) is 0 Å². The van der Waals surface area contributed by atoms with Gasteiger partial charge in [-0.1, -0.05) is 12.1 Å². The van der Waals surface area contributed by atoms with E-state index in [1.165, 1.54) is 12.1 Å². The summed E-state index contributed by atoms with van der Waals surface area (Å²) >= 11 is 0. The fourth-order valence-electron chi connectivity index (χ4n) is 3.34. The van der Waals surface area contributed by atoms with Crippen molar-refractivity contribution in [3.8, 4) is 0 Å². The Kier molecular flexibility index (Phi) is 5.00. The average Bonchev–Trinajstić information content (AvgIpc) is 3.16. The number of nitrogens with zero attached hydrogens (tertiary/aromatic N) is 3. The Morgan fingerprint density at radius 3 is 2.56 bits per heavy atom. The van der Waals surface area contributed by atoms with E-state index in [2.05, 4.69) is 15.3 Å². The summed E-state index contributed by atoms with van der Waals surface area (Å²) in [6, 6.07) is 7.59. The number of nitrogens with one attached hydrogen (secondary N) is 1. The molecule has 1 amide bonds. The van der Waals surface area contributed by atoms with Crippen molar-refractivity contribution in [2.75, 3.05) is 31.2 Å². The summed E-state index contributed by atoms with van der Waals surface area (Å²) in [4.78, 5) is 23.1. The molecule has 27 heavy (non-hydrogen) atoms. The largest absolute Gasteiger partial charge is 0.347 e. The summed E-state index contributed by atoms with van der Waals surface area (Å²) in [6.07, 6.45) is 3.08. The maximum atomic E-state index is 12.9. The fraction of sp³-hybridized carbons (Fsp3) is 0.421. The highest BCUT2D eigenvalue weighted by molar-refractivity contribution is 5.92. The third-order valence-corrected chi connectivity index (χ3v) is 4.86. The molecule has 0 unspecified atom stereocenters. The molecule has 2 aliphatic rings. The van der Waals surface area contributed by atoms with Gasteiger partial charge in [-0.2, -0.15) is 0 Å². The number of benzene rings is 1. The molecule has 0 atom stereocenters. The van der Waals surface area contributed by atoms with E-state index < -0.39 is 5.79 Å². The molecule has 2 aromatic rings. The van der Waals surface area contributed by atoms with Gasteiger partial charge >= 0.3 is 0 Å². The first kappa shape index (κ1) is 17.8. The molecule has 1 spiro atoms. The van der Waals surface area contributed by atoms with E-state index in [-0.39, 0.29) is 11.7 Å². The minimum Gasteiger partial charge on any atom is -0.347 e. The Hall–Kier alpha value is -2.58. The monoisotopic (exact) mass is 372 g/mol. The van der Waals surface area contributed by atoms with Gasteiger partial charge in [0.25, 0.3) is 5.91 Å². The summed E-state index contributed by atoms with van der Waals surface area (Å²) in [5.41, 5.74) is 1.12. The van der Waals surface area contributed by atoms with Crippen LogP contribution in [0.1, 0.15) is 28.9 Å². The zero-order valence-corrected chi connectivity index (χ0v) is 14.9. The molecule has 4 rings (SSSR count). The van der Waals surface area contributed by atoms with Gasteiger partial charge in [0.2, 0.25) is 5.95 Å². The smallest absolute Gasteiger partial charge is 0.270 e. The highest BCUT2D eigenvalue weighted by Crippen LogP contribution is 2.32. The number of aromatic nitrogens is 2.